The molecule has 6 nitrogen and oxygen atoms in total. The summed E-state index contributed by atoms with van der Waals surface area (Å²) in [7, 11) is 0. The highest BCUT2D eigenvalue weighted by molar-refractivity contribution is 6.13. The van der Waals surface area contributed by atoms with Crippen LogP contribution in [0.3, 0.4) is 0 Å². The van der Waals surface area contributed by atoms with Crippen molar-refractivity contribution in [3.05, 3.63) is 47.3 Å². The fourth-order valence-electron chi connectivity index (χ4n) is 4.90. The van der Waals surface area contributed by atoms with Crippen molar-refractivity contribution in [2.24, 2.45) is 5.41 Å². The molecule has 0 radical (unpaired) electrons. The molecule has 1 atom stereocenters. The second-order valence-corrected chi connectivity index (χ2v) is 9.26. The monoisotopic (exact) mass is 447 g/mol. The summed E-state index contributed by atoms with van der Waals surface area (Å²) >= 11 is 0. The number of hydrogen-bond donors (Lipinski definition) is 2. The number of carbonyl (C=O) groups excluding carboxylic acids is 3. The third kappa shape index (κ3) is 3.30. The number of carbonyl (C=O) groups is 3. The van der Waals surface area contributed by atoms with Crippen molar-refractivity contribution in [3.8, 4) is 0 Å². The van der Waals surface area contributed by atoms with Crippen molar-refractivity contribution in [1.29, 1.82) is 0 Å². The Labute approximate surface area is 182 Å². The normalized spacial score (nSPS) is 23.1. The number of fused-ring (bicyclic) bond motifs is 1. The number of nitrogens with one attached hydrogen (secondary N) is 2. The van der Waals surface area contributed by atoms with E-state index >= 15 is 0 Å². The molecule has 32 heavy (non-hydrogen) atoms. The van der Waals surface area contributed by atoms with Gasteiger partial charge >= 0.3 is 6.18 Å². The van der Waals surface area contributed by atoms with Gasteiger partial charge in [-0.15, -0.1) is 0 Å². The van der Waals surface area contributed by atoms with E-state index in [-0.39, 0.29) is 31.5 Å². The molecule has 9 heteroatoms. The number of alkyl halides is 3. The lowest BCUT2D eigenvalue weighted by atomic mass is 9.72. The van der Waals surface area contributed by atoms with Crippen LogP contribution in [0, 0.1) is 5.41 Å². The molecule has 0 spiro atoms. The van der Waals surface area contributed by atoms with E-state index < -0.39 is 40.3 Å². The number of aromatic amines is 1. The minimum absolute atomic E-state index is 0.0414. The molecule has 1 unspecified atom stereocenters. The smallest absolute Gasteiger partial charge is 0.361 e. The molecular weight excluding hydrogens is 423 g/mol. The zero-order valence-corrected chi connectivity index (χ0v) is 18.0. The van der Waals surface area contributed by atoms with Gasteiger partial charge in [-0.25, -0.2) is 0 Å². The SMILES string of the molecule is CC(=O)NC1(C(F)(F)F)C(=O)N(CCc2c[nH]c3ccccc23)C2=C1C(=O)CC(C)(C)C2. The Morgan fingerprint density at radius 3 is 2.53 bits per heavy atom. The number of nitrogens with zero attached hydrogens (tertiary/aromatic N) is 1. The second kappa shape index (κ2) is 7.21. The number of halogens is 3. The number of amides is 2. The van der Waals surface area contributed by atoms with Gasteiger partial charge in [0.1, 0.15) is 0 Å². The Morgan fingerprint density at radius 1 is 1.19 bits per heavy atom. The summed E-state index contributed by atoms with van der Waals surface area (Å²) in [5.41, 5.74) is -2.80. The highest BCUT2D eigenvalue weighted by Gasteiger charge is 2.71. The average Bonchev–Trinajstić information content (AvgIpc) is 3.17. The summed E-state index contributed by atoms with van der Waals surface area (Å²) in [6.45, 7) is 4.43. The molecule has 0 fully saturated rings. The van der Waals surface area contributed by atoms with E-state index in [1.807, 2.05) is 29.6 Å². The largest absolute Gasteiger partial charge is 0.425 e. The summed E-state index contributed by atoms with van der Waals surface area (Å²) in [4.78, 5) is 42.2. The molecule has 1 aromatic heterocycles. The fraction of sp³-hybridized carbons (Fsp3) is 0.435. The molecule has 4 rings (SSSR count). The molecule has 170 valence electrons. The number of rotatable bonds is 4. The Kier molecular flexibility index (Phi) is 4.98. The van der Waals surface area contributed by atoms with Crippen LogP contribution in [0.25, 0.3) is 10.9 Å². The summed E-state index contributed by atoms with van der Waals surface area (Å²) < 4.78 is 43.2. The standard InChI is InChI=1S/C23H24F3N3O3/c1-13(30)28-22(23(24,25)26)19-17(10-21(2,3)11-18(19)31)29(20(22)32)9-8-14-12-27-16-7-5-4-6-15(14)16/h4-7,12,27H,8-11H2,1-3H3,(H,28,30). The van der Waals surface area contributed by atoms with E-state index in [1.165, 1.54) is 0 Å². The number of H-pyrrole nitrogens is 1. The zero-order chi connectivity index (χ0) is 23.5. The van der Waals surface area contributed by atoms with Gasteiger partial charge in [0, 0.05) is 42.7 Å². The molecule has 0 bridgehead atoms. The predicted octanol–water partition coefficient (Wildman–Crippen LogP) is 3.63. The number of hydrogen-bond acceptors (Lipinski definition) is 3. The van der Waals surface area contributed by atoms with Crippen molar-refractivity contribution in [2.45, 2.75) is 51.7 Å². The lowest BCUT2D eigenvalue weighted by Gasteiger charge is -2.35. The first-order valence-electron chi connectivity index (χ1n) is 10.4. The van der Waals surface area contributed by atoms with Crippen molar-refractivity contribution < 1.29 is 27.6 Å². The van der Waals surface area contributed by atoms with E-state index in [9.17, 15) is 27.6 Å². The van der Waals surface area contributed by atoms with E-state index in [1.54, 1.807) is 20.0 Å². The average molecular weight is 447 g/mol. The zero-order valence-electron chi connectivity index (χ0n) is 18.0. The number of Topliss-reactive ketones (excluding diaryl/α,β-unsaturated/α-hetero) is 1. The molecule has 0 saturated carbocycles. The molecular formula is C23H24F3N3O3. The molecule has 2 aromatic rings. The Bertz CT molecular complexity index is 1160. The molecule has 1 aliphatic carbocycles. The number of allylic oxidation sites excluding steroid dienone is 1. The Balaban J connectivity index is 1.79. The van der Waals surface area contributed by atoms with Gasteiger partial charge < -0.3 is 15.2 Å². The van der Waals surface area contributed by atoms with Crippen LogP contribution in [0.5, 0.6) is 0 Å². The first kappa shape index (κ1) is 22.1. The Morgan fingerprint density at radius 2 is 1.88 bits per heavy atom. The van der Waals surface area contributed by atoms with Crippen LogP contribution in [0.2, 0.25) is 0 Å². The van der Waals surface area contributed by atoms with Gasteiger partial charge in [-0.1, -0.05) is 32.0 Å². The molecule has 2 amide bonds. The van der Waals surface area contributed by atoms with Gasteiger partial charge in [0.25, 0.3) is 5.91 Å². The molecule has 0 saturated heterocycles. The summed E-state index contributed by atoms with van der Waals surface area (Å²) in [5, 5.41) is 2.73. The van der Waals surface area contributed by atoms with Crippen LogP contribution in [-0.2, 0) is 20.8 Å². The van der Waals surface area contributed by atoms with E-state index in [4.69, 9.17) is 0 Å². The van der Waals surface area contributed by atoms with Gasteiger partial charge in [-0.3, -0.25) is 14.4 Å². The van der Waals surface area contributed by atoms with Crippen LogP contribution < -0.4 is 5.32 Å². The van der Waals surface area contributed by atoms with Crippen molar-refractivity contribution in [1.82, 2.24) is 15.2 Å². The number of aromatic nitrogens is 1. The van der Waals surface area contributed by atoms with Gasteiger partial charge in [0.05, 0.1) is 5.57 Å². The molecule has 2 heterocycles. The minimum atomic E-state index is -5.16. The summed E-state index contributed by atoms with van der Waals surface area (Å²) in [5.74, 6) is -3.11. The number of ketones is 1. The number of para-hydroxylation sites is 1. The molecule has 2 aliphatic rings. The highest BCUT2D eigenvalue weighted by Crippen LogP contribution is 2.51. The van der Waals surface area contributed by atoms with E-state index in [0.29, 0.717) is 0 Å². The third-order valence-electron chi connectivity index (χ3n) is 6.19. The molecule has 2 N–H and O–H groups in total. The molecule has 1 aromatic carbocycles. The van der Waals surface area contributed by atoms with E-state index in [2.05, 4.69) is 4.98 Å². The van der Waals surface area contributed by atoms with Crippen molar-refractivity contribution in [3.63, 3.8) is 0 Å². The van der Waals surface area contributed by atoms with Crippen LogP contribution in [-0.4, -0.2) is 45.7 Å². The van der Waals surface area contributed by atoms with Crippen molar-refractivity contribution >= 4 is 28.5 Å². The first-order chi connectivity index (χ1) is 14.9. The summed E-state index contributed by atoms with van der Waals surface area (Å²) in [6, 6.07) is 7.50. The van der Waals surface area contributed by atoms with Crippen LogP contribution in [0.1, 0.15) is 39.2 Å². The Hall–Kier alpha value is -3.10. The maximum Gasteiger partial charge on any atom is 0.425 e. The lowest BCUT2D eigenvalue weighted by molar-refractivity contribution is -0.194. The quantitative estimate of drug-likeness (QED) is 0.751. The van der Waals surface area contributed by atoms with Gasteiger partial charge in [0.2, 0.25) is 11.4 Å². The third-order valence-corrected chi connectivity index (χ3v) is 6.19. The van der Waals surface area contributed by atoms with Crippen molar-refractivity contribution in [2.75, 3.05) is 6.54 Å². The highest BCUT2D eigenvalue weighted by atomic mass is 19.4. The maximum atomic E-state index is 14.4. The topological polar surface area (TPSA) is 82.3 Å². The maximum absolute atomic E-state index is 14.4. The van der Waals surface area contributed by atoms with Gasteiger partial charge in [0.15, 0.2) is 5.78 Å². The second-order valence-electron chi connectivity index (χ2n) is 9.26. The van der Waals surface area contributed by atoms with Gasteiger partial charge in [-0.2, -0.15) is 13.2 Å². The van der Waals surface area contributed by atoms with E-state index in [0.717, 1.165) is 28.3 Å². The van der Waals surface area contributed by atoms with Crippen LogP contribution in [0.4, 0.5) is 13.2 Å². The van der Waals surface area contributed by atoms with Crippen LogP contribution >= 0.6 is 0 Å². The lowest BCUT2D eigenvalue weighted by Crippen LogP contribution is -2.66. The fourth-order valence-corrected chi connectivity index (χ4v) is 4.90. The van der Waals surface area contributed by atoms with Crippen LogP contribution in [0.15, 0.2) is 41.7 Å². The number of benzene rings is 1. The first-order valence-corrected chi connectivity index (χ1v) is 10.4. The minimum Gasteiger partial charge on any atom is -0.361 e. The predicted molar refractivity (Wildman–Crippen MR) is 111 cm³/mol. The summed E-state index contributed by atoms with van der Waals surface area (Å²) in [6.07, 6.45) is -3.11. The molecule has 1 aliphatic heterocycles. The van der Waals surface area contributed by atoms with Gasteiger partial charge in [-0.05, 0) is 29.9 Å².